The van der Waals surface area contributed by atoms with Crippen molar-refractivity contribution in [1.82, 2.24) is 15.0 Å². The fraction of sp³-hybridized carbons (Fsp3) is 0.143. The lowest BCUT2D eigenvalue weighted by Crippen LogP contribution is -2.14. The van der Waals surface area contributed by atoms with Gasteiger partial charge < -0.3 is 5.32 Å². The zero-order valence-corrected chi connectivity index (χ0v) is 17.9. The number of aryl methyl sites for hydroxylation is 1. The normalized spacial score (nSPS) is 10.8. The number of nitrogens with zero attached hydrogens (tertiary/aromatic N) is 3. The van der Waals surface area contributed by atoms with E-state index in [1.807, 2.05) is 42.6 Å². The Hall–Kier alpha value is -2.61. The lowest BCUT2D eigenvalue weighted by molar-refractivity contribution is -0.115. The molecule has 0 aliphatic carbocycles. The standard InChI is InChI=1S/C21H17ClN4OS2/c1-13-5-6-14(9-17(13)22)8-16-11-24-21(29-16)26-19(27)10-15-12-28-20(25-15)18-4-2-3-7-23-18/h2-7,9,11-12H,8,10H2,1H3,(H,24,26,27). The first-order chi connectivity index (χ1) is 14.1. The van der Waals surface area contributed by atoms with E-state index in [1.54, 1.807) is 12.4 Å². The van der Waals surface area contributed by atoms with Crippen molar-refractivity contribution in [3.05, 3.63) is 80.9 Å². The fourth-order valence-electron chi connectivity index (χ4n) is 2.72. The van der Waals surface area contributed by atoms with Crippen molar-refractivity contribution in [2.45, 2.75) is 19.8 Å². The van der Waals surface area contributed by atoms with Gasteiger partial charge in [-0.15, -0.1) is 22.7 Å². The van der Waals surface area contributed by atoms with Crippen LogP contribution in [0.15, 0.2) is 54.2 Å². The van der Waals surface area contributed by atoms with Gasteiger partial charge in [0, 0.05) is 34.1 Å². The molecular formula is C21H17ClN4OS2. The third-order valence-electron chi connectivity index (χ3n) is 4.19. The summed E-state index contributed by atoms with van der Waals surface area (Å²) >= 11 is 9.14. The Bertz CT molecular complexity index is 1140. The van der Waals surface area contributed by atoms with E-state index in [2.05, 4.69) is 26.3 Å². The summed E-state index contributed by atoms with van der Waals surface area (Å²) < 4.78 is 0. The maximum Gasteiger partial charge on any atom is 0.232 e. The fourth-order valence-corrected chi connectivity index (χ4v) is 4.58. The van der Waals surface area contributed by atoms with Crippen LogP contribution >= 0.6 is 34.3 Å². The van der Waals surface area contributed by atoms with Crippen molar-refractivity contribution in [2.24, 2.45) is 0 Å². The number of hydrogen-bond donors (Lipinski definition) is 1. The number of thiazole rings is 2. The highest BCUT2D eigenvalue weighted by Crippen LogP contribution is 2.25. The first-order valence-electron chi connectivity index (χ1n) is 8.92. The van der Waals surface area contributed by atoms with Gasteiger partial charge in [0.05, 0.1) is 17.8 Å². The Balaban J connectivity index is 1.36. The third kappa shape index (κ3) is 5.06. The summed E-state index contributed by atoms with van der Waals surface area (Å²) in [5, 5.41) is 6.90. The molecule has 4 rings (SSSR count). The minimum absolute atomic E-state index is 0.137. The SMILES string of the molecule is Cc1ccc(Cc2cnc(NC(=O)Cc3csc(-c4ccccn4)n3)s2)cc1Cl. The number of anilines is 1. The first kappa shape index (κ1) is 19.7. The van der Waals surface area contributed by atoms with Crippen LogP contribution in [0.2, 0.25) is 5.02 Å². The number of carbonyl (C=O) groups excluding carboxylic acids is 1. The van der Waals surface area contributed by atoms with Gasteiger partial charge in [0.2, 0.25) is 5.91 Å². The van der Waals surface area contributed by atoms with Gasteiger partial charge in [-0.25, -0.2) is 9.97 Å². The molecule has 0 atom stereocenters. The maximum absolute atomic E-state index is 12.4. The van der Waals surface area contributed by atoms with Gasteiger partial charge in [-0.2, -0.15) is 0 Å². The summed E-state index contributed by atoms with van der Waals surface area (Å²) in [6, 6.07) is 11.7. The highest BCUT2D eigenvalue weighted by molar-refractivity contribution is 7.15. The third-order valence-corrected chi connectivity index (χ3v) is 6.43. The van der Waals surface area contributed by atoms with Crippen LogP contribution in [0, 0.1) is 6.92 Å². The maximum atomic E-state index is 12.4. The van der Waals surface area contributed by atoms with Crippen LogP contribution in [0.5, 0.6) is 0 Å². The van der Waals surface area contributed by atoms with E-state index in [0.717, 1.165) is 43.8 Å². The molecular weight excluding hydrogens is 424 g/mol. The number of halogens is 1. The molecule has 0 fully saturated rings. The second kappa shape index (κ2) is 8.82. The molecule has 0 bridgehead atoms. The van der Waals surface area contributed by atoms with E-state index in [-0.39, 0.29) is 12.3 Å². The summed E-state index contributed by atoms with van der Waals surface area (Å²) in [5.74, 6) is -0.137. The molecule has 146 valence electrons. The Morgan fingerprint density at radius 3 is 2.90 bits per heavy atom. The second-order valence-corrected chi connectivity index (χ2v) is 8.86. The number of hydrogen-bond acceptors (Lipinski definition) is 6. The number of rotatable bonds is 6. The van der Waals surface area contributed by atoms with E-state index in [0.29, 0.717) is 5.13 Å². The first-order valence-corrected chi connectivity index (χ1v) is 11.0. The number of carbonyl (C=O) groups is 1. The van der Waals surface area contributed by atoms with Crippen molar-refractivity contribution < 1.29 is 4.79 Å². The van der Waals surface area contributed by atoms with Crippen LogP contribution in [-0.4, -0.2) is 20.9 Å². The molecule has 0 saturated carbocycles. The molecule has 29 heavy (non-hydrogen) atoms. The van der Waals surface area contributed by atoms with Gasteiger partial charge in [-0.3, -0.25) is 9.78 Å². The van der Waals surface area contributed by atoms with E-state index in [4.69, 9.17) is 11.6 Å². The van der Waals surface area contributed by atoms with E-state index in [9.17, 15) is 4.79 Å². The molecule has 0 aliphatic heterocycles. The summed E-state index contributed by atoms with van der Waals surface area (Å²) in [5.41, 5.74) is 3.71. The molecule has 0 unspecified atom stereocenters. The number of aromatic nitrogens is 3. The predicted octanol–water partition coefficient (Wildman–Crippen LogP) is 5.40. The molecule has 4 aromatic rings. The van der Waals surface area contributed by atoms with E-state index < -0.39 is 0 Å². The van der Waals surface area contributed by atoms with Crippen LogP contribution in [0.1, 0.15) is 21.7 Å². The number of pyridine rings is 1. The molecule has 3 aromatic heterocycles. The zero-order chi connectivity index (χ0) is 20.2. The zero-order valence-electron chi connectivity index (χ0n) is 15.6. The Morgan fingerprint density at radius 2 is 2.10 bits per heavy atom. The highest BCUT2D eigenvalue weighted by Gasteiger charge is 2.12. The Labute approximate surface area is 181 Å². The van der Waals surface area contributed by atoms with E-state index in [1.165, 1.54) is 22.7 Å². The van der Waals surface area contributed by atoms with E-state index >= 15 is 0 Å². The van der Waals surface area contributed by atoms with Gasteiger partial charge in [-0.1, -0.05) is 29.8 Å². The Morgan fingerprint density at radius 1 is 1.21 bits per heavy atom. The van der Waals surface area contributed by atoms with Crippen LogP contribution in [0.3, 0.4) is 0 Å². The number of benzene rings is 1. The van der Waals surface area contributed by atoms with Gasteiger partial charge in [0.25, 0.3) is 0 Å². The molecule has 0 saturated heterocycles. The molecule has 0 aliphatic rings. The smallest absolute Gasteiger partial charge is 0.232 e. The molecule has 0 radical (unpaired) electrons. The summed E-state index contributed by atoms with van der Waals surface area (Å²) in [6.45, 7) is 1.98. The highest BCUT2D eigenvalue weighted by atomic mass is 35.5. The van der Waals surface area contributed by atoms with Gasteiger partial charge in [0.1, 0.15) is 5.01 Å². The number of nitrogens with one attached hydrogen (secondary N) is 1. The van der Waals surface area contributed by atoms with Crippen molar-refractivity contribution in [3.63, 3.8) is 0 Å². The van der Waals surface area contributed by atoms with Crippen LogP contribution in [-0.2, 0) is 17.6 Å². The topological polar surface area (TPSA) is 67.8 Å². The van der Waals surface area contributed by atoms with Crippen molar-refractivity contribution in [2.75, 3.05) is 5.32 Å². The second-order valence-electron chi connectivity index (χ2n) is 6.48. The Kier molecular flexibility index (Phi) is 5.99. The van der Waals surface area contributed by atoms with Gasteiger partial charge in [-0.05, 0) is 36.2 Å². The lowest BCUT2D eigenvalue weighted by atomic mass is 10.1. The molecule has 1 aromatic carbocycles. The monoisotopic (exact) mass is 440 g/mol. The average Bonchev–Trinajstić information content (AvgIpc) is 3.35. The lowest BCUT2D eigenvalue weighted by Gasteiger charge is -2.02. The quantitative estimate of drug-likeness (QED) is 0.436. The average molecular weight is 441 g/mol. The molecule has 5 nitrogen and oxygen atoms in total. The minimum atomic E-state index is -0.137. The van der Waals surface area contributed by atoms with Crippen LogP contribution in [0.4, 0.5) is 5.13 Å². The van der Waals surface area contributed by atoms with Crippen molar-refractivity contribution >= 4 is 45.3 Å². The van der Waals surface area contributed by atoms with Crippen molar-refractivity contribution in [1.29, 1.82) is 0 Å². The largest absolute Gasteiger partial charge is 0.302 e. The van der Waals surface area contributed by atoms with Gasteiger partial charge >= 0.3 is 0 Å². The molecule has 8 heteroatoms. The van der Waals surface area contributed by atoms with Crippen LogP contribution in [0.25, 0.3) is 10.7 Å². The van der Waals surface area contributed by atoms with Crippen LogP contribution < -0.4 is 5.32 Å². The summed E-state index contributed by atoms with van der Waals surface area (Å²) in [7, 11) is 0. The number of amides is 1. The summed E-state index contributed by atoms with van der Waals surface area (Å²) in [4.78, 5) is 26.5. The molecule has 1 amide bonds. The molecule has 0 spiro atoms. The predicted molar refractivity (Wildman–Crippen MR) is 119 cm³/mol. The van der Waals surface area contributed by atoms with Gasteiger partial charge in [0.15, 0.2) is 5.13 Å². The molecule has 3 heterocycles. The summed E-state index contributed by atoms with van der Waals surface area (Å²) in [6.07, 6.45) is 4.45. The minimum Gasteiger partial charge on any atom is -0.302 e. The van der Waals surface area contributed by atoms with Crippen molar-refractivity contribution in [3.8, 4) is 10.7 Å². The molecule has 1 N–H and O–H groups in total.